The summed E-state index contributed by atoms with van der Waals surface area (Å²) in [5.41, 5.74) is 7.28. The third-order valence-corrected chi connectivity index (χ3v) is 5.79. The Hall–Kier alpha value is -2.37. The molecule has 3 aromatic rings. The topological polar surface area (TPSA) is 60.2 Å². The van der Waals surface area contributed by atoms with Gasteiger partial charge in [-0.3, -0.25) is 4.79 Å². The van der Waals surface area contributed by atoms with Crippen LogP contribution in [-0.2, 0) is 11.2 Å². The minimum absolute atomic E-state index is 0.0603. The van der Waals surface area contributed by atoms with Gasteiger partial charge >= 0.3 is 0 Å². The number of aromatic amines is 1. The Labute approximate surface area is 166 Å². The number of rotatable bonds is 4. The molecule has 5 heteroatoms. The number of aromatic nitrogens is 1. The Morgan fingerprint density at radius 1 is 1.25 bits per heavy atom. The number of hydrogen-bond donors (Lipinski definition) is 3. The van der Waals surface area contributed by atoms with E-state index >= 15 is 0 Å². The van der Waals surface area contributed by atoms with Gasteiger partial charge in [-0.15, -0.1) is 0 Å². The molecular formula is C23H30N4O. The standard InChI is InChI=1S/C23H30N4O/c1-13-6-7-20-17(10-13)19-11-18-16(15(3)21(19)26-20)8-9-24-22(18)23(28)25-14(2)12-27(4)5/h6-7,10-11,14,22,24,26H,8-9,12H2,1-5H3,(H,25,28). The van der Waals surface area contributed by atoms with Crippen LogP contribution in [0.1, 0.15) is 35.2 Å². The van der Waals surface area contributed by atoms with Gasteiger partial charge in [0.1, 0.15) is 6.04 Å². The van der Waals surface area contributed by atoms with Crippen LogP contribution in [0.4, 0.5) is 0 Å². The van der Waals surface area contributed by atoms with E-state index in [1.165, 1.54) is 33.0 Å². The lowest BCUT2D eigenvalue weighted by Gasteiger charge is -2.29. The molecule has 1 aliphatic rings. The number of nitrogens with zero attached hydrogens (tertiary/aromatic N) is 1. The fraction of sp³-hybridized carbons (Fsp3) is 0.435. The van der Waals surface area contributed by atoms with Crippen molar-refractivity contribution in [3.63, 3.8) is 0 Å². The highest BCUT2D eigenvalue weighted by Gasteiger charge is 2.29. The van der Waals surface area contributed by atoms with Gasteiger partial charge in [0.2, 0.25) is 5.91 Å². The van der Waals surface area contributed by atoms with E-state index in [2.05, 4.69) is 65.6 Å². The molecule has 5 nitrogen and oxygen atoms in total. The summed E-state index contributed by atoms with van der Waals surface area (Å²) in [5.74, 6) is 0.0603. The molecule has 2 aromatic carbocycles. The lowest BCUT2D eigenvalue weighted by molar-refractivity contribution is -0.124. The largest absolute Gasteiger partial charge is 0.354 e. The average molecular weight is 379 g/mol. The minimum Gasteiger partial charge on any atom is -0.354 e. The quantitative estimate of drug-likeness (QED) is 0.653. The van der Waals surface area contributed by atoms with Crippen molar-refractivity contribution in [1.29, 1.82) is 0 Å². The number of fused-ring (bicyclic) bond motifs is 4. The Morgan fingerprint density at radius 2 is 2.04 bits per heavy atom. The fourth-order valence-corrected chi connectivity index (χ4v) is 4.58. The summed E-state index contributed by atoms with van der Waals surface area (Å²) in [4.78, 5) is 18.7. The molecular weight excluding hydrogens is 348 g/mol. The van der Waals surface area contributed by atoms with Crippen LogP contribution in [0.25, 0.3) is 21.8 Å². The maximum atomic E-state index is 13.1. The zero-order valence-electron chi connectivity index (χ0n) is 17.4. The third-order valence-electron chi connectivity index (χ3n) is 5.79. The first-order chi connectivity index (χ1) is 13.3. The number of carbonyl (C=O) groups is 1. The first-order valence-electron chi connectivity index (χ1n) is 10.1. The van der Waals surface area contributed by atoms with Crippen LogP contribution in [0.15, 0.2) is 24.3 Å². The summed E-state index contributed by atoms with van der Waals surface area (Å²) in [6.07, 6.45) is 0.947. The second kappa shape index (κ2) is 7.22. The number of likely N-dealkylation sites (N-methyl/N-ethyl adjacent to an activating group) is 1. The normalized spacial score (nSPS) is 17.9. The monoisotopic (exact) mass is 378 g/mol. The van der Waals surface area contributed by atoms with Crippen molar-refractivity contribution in [2.45, 2.75) is 39.3 Å². The van der Waals surface area contributed by atoms with Crippen LogP contribution in [-0.4, -0.2) is 49.0 Å². The predicted octanol–water partition coefficient (Wildman–Crippen LogP) is 3.19. The predicted molar refractivity (Wildman–Crippen MR) is 116 cm³/mol. The molecule has 0 spiro atoms. The van der Waals surface area contributed by atoms with E-state index in [9.17, 15) is 4.79 Å². The molecule has 0 aliphatic carbocycles. The Kier molecular flexibility index (Phi) is 4.89. The lowest BCUT2D eigenvalue weighted by Crippen LogP contribution is -2.47. The highest BCUT2D eigenvalue weighted by molar-refractivity contribution is 6.09. The van der Waals surface area contributed by atoms with E-state index in [0.29, 0.717) is 0 Å². The van der Waals surface area contributed by atoms with E-state index in [1.54, 1.807) is 0 Å². The molecule has 2 unspecified atom stereocenters. The Balaban J connectivity index is 1.78. The molecule has 1 aliphatic heterocycles. The van der Waals surface area contributed by atoms with Gasteiger partial charge in [-0.2, -0.15) is 0 Å². The van der Waals surface area contributed by atoms with Gasteiger partial charge in [-0.05, 0) is 76.2 Å². The van der Waals surface area contributed by atoms with Crippen LogP contribution in [0, 0.1) is 13.8 Å². The zero-order chi connectivity index (χ0) is 20.0. The molecule has 3 N–H and O–H groups in total. The maximum absolute atomic E-state index is 13.1. The lowest BCUT2D eigenvalue weighted by atomic mass is 9.88. The second-order valence-electron chi connectivity index (χ2n) is 8.47. The highest BCUT2D eigenvalue weighted by Crippen LogP contribution is 2.36. The van der Waals surface area contributed by atoms with Crippen LogP contribution in [0.5, 0.6) is 0 Å². The first-order valence-corrected chi connectivity index (χ1v) is 10.1. The number of benzene rings is 2. The van der Waals surface area contributed by atoms with Gasteiger partial charge in [0, 0.05) is 40.9 Å². The van der Waals surface area contributed by atoms with Gasteiger partial charge in [-0.25, -0.2) is 0 Å². The van der Waals surface area contributed by atoms with Crippen LogP contribution in [0.2, 0.25) is 0 Å². The first kappa shape index (κ1) is 19.0. The summed E-state index contributed by atoms with van der Waals surface area (Å²) >= 11 is 0. The van der Waals surface area contributed by atoms with Crippen molar-refractivity contribution in [3.8, 4) is 0 Å². The Bertz CT molecular complexity index is 1050. The van der Waals surface area contributed by atoms with Gasteiger partial charge in [0.15, 0.2) is 0 Å². The number of amides is 1. The molecule has 0 saturated carbocycles. The number of hydrogen-bond acceptors (Lipinski definition) is 3. The summed E-state index contributed by atoms with van der Waals surface area (Å²) in [6, 6.07) is 8.54. The van der Waals surface area contributed by atoms with E-state index in [1.807, 2.05) is 14.1 Å². The molecule has 28 heavy (non-hydrogen) atoms. The Morgan fingerprint density at radius 3 is 2.79 bits per heavy atom. The summed E-state index contributed by atoms with van der Waals surface area (Å²) in [5, 5.41) is 9.05. The highest BCUT2D eigenvalue weighted by atomic mass is 16.2. The fourth-order valence-electron chi connectivity index (χ4n) is 4.58. The van der Waals surface area contributed by atoms with Crippen molar-refractivity contribution in [3.05, 3.63) is 46.5 Å². The van der Waals surface area contributed by atoms with E-state index in [-0.39, 0.29) is 18.0 Å². The van der Waals surface area contributed by atoms with Gasteiger partial charge < -0.3 is 20.5 Å². The smallest absolute Gasteiger partial charge is 0.242 e. The SMILES string of the molecule is Cc1ccc2[nH]c3c(C)c4c(cc3c2c1)C(C(=O)NC(C)CN(C)C)NCC4. The third kappa shape index (κ3) is 3.29. The molecule has 2 atom stereocenters. The van der Waals surface area contributed by atoms with E-state index < -0.39 is 0 Å². The van der Waals surface area contributed by atoms with Gasteiger partial charge in [0.05, 0.1) is 0 Å². The zero-order valence-corrected chi connectivity index (χ0v) is 17.4. The summed E-state index contributed by atoms with van der Waals surface area (Å²) < 4.78 is 0. The van der Waals surface area contributed by atoms with Crippen molar-refractivity contribution in [2.75, 3.05) is 27.2 Å². The molecule has 148 valence electrons. The summed E-state index contributed by atoms with van der Waals surface area (Å²) in [6.45, 7) is 7.99. The maximum Gasteiger partial charge on any atom is 0.242 e. The van der Waals surface area contributed by atoms with Gasteiger partial charge in [-0.1, -0.05) is 11.6 Å². The molecule has 0 radical (unpaired) electrons. The molecule has 0 saturated heterocycles. The number of H-pyrrole nitrogens is 1. The molecule has 1 amide bonds. The van der Waals surface area contributed by atoms with Crippen LogP contribution < -0.4 is 10.6 Å². The number of nitrogens with one attached hydrogen (secondary N) is 3. The summed E-state index contributed by atoms with van der Waals surface area (Å²) in [7, 11) is 4.05. The number of aryl methyl sites for hydroxylation is 2. The molecule has 0 bridgehead atoms. The second-order valence-corrected chi connectivity index (χ2v) is 8.47. The van der Waals surface area contributed by atoms with Crippen LogP contribution in [0.3, 0.4) is 0 Å². The van der Waals surface area contributed by atoms with Crippen molar-refractivity contribution in [2.24, 2.45) is 0 Å². The molecule has 1 aromatic heterocycles. The minimum atomic E-state index is -0.300. The van der Waals surface area contributed by atoms with Gasteiger partial charge in [0.25, 0.3) is 0 Å². The van der Waals surface area contributed by atoms with Crippen molar-refractivity contribution < 1.29 is 4.79 Å². The van der Waals surface area contributed by atoms with Crippen molar-refractivity contribution >= 4 is 27.7 Å². The van der Waals surface area contributed by atoms with Crippen molar-refractivity contribution in [1.82, 2.24) is 20.5 Å². The average Bonchev–Trinajstić information content (AvgIpc) is 2.99. The molecule has 0 fully saturated rings. The molecule has 2 heterocycles. The number of carbonyl (C=O) groups excluding carboxylic acids is 1. The van der Waals surface area contributed by atoms with Crippen LogP contribution >= 0.6 is 0 Å². The molecule has 4 rings (SSSR count). The van der Waals surface area contributed by atoms with E-state index in [0.717, 1.165) is 30.6 Å². The van der Waals surface area contributed by atoms with E-state index in [4.69, 9.17) is 0 Å².